The number of hydrogen-bond acceptors (Lipinski definition) is 3. The number of hydrogen-bond donors (Lipinski definition) is 2. The van der Waals surface area contributed by atoms with Crippen LogP contribution in [0.1, 0.15) is 19.0 Å². The first kappa shape index (κ1) is 17.8. The van der Waals surface area contributed by atoms with Gasteiger partial charge in [-0.2, -0.15) is 0 Å². The van der Waals surface area contributed by atoms with E-state index >= 15 is 0 Å². The van der Waals surface area contributed by atoms with Crippen molar-refractivity contribution in [2.75, 3.05) is 40.3 Å². The van der Waals surface area contributed by atoms with Crippen LogP contribution >= 0.6 is 0 Å². The first-order valence-corrected chi connectivity index (χ1v) is 8.49. The lowest BCUT2D eigenvalue weighted by atomic mass is 10.1. The first-order valence-electron chi connectivity index (χ1n) is 8.49. The number of rotatable bonds is 6. The Labute approximate surface area is 139 Å². The van der Waals surface area contributed by atoms with Crippen molar-refractivity contribution in [3.8, 4) is 0 Å². The summed E-state index contributed by atoms with van der Waals surface area (Å²) >= 11 is 0. The van der Waals surface area contributed by atoms with Crippen molar-refractivity contribution in [2.45, 2.75) is 31.8 Å². The van der Waals surface area contributed by atoms with Crippen molar-refractivity contribution in [3.63, 3.8) is 0 Å². The van der Waals surface area contributed by atoms with E-state index in [2.05, 4.69) is 71.4 Å². The molecule has 2 amide bonds. The average Bonchev–Trinajstić information content (AvgIpc) is 2.91. The van der Waals surface area contributed by atoms with Gasteiger partial charge in [0.1, 0.15) is 0 Å². The quantitative estimate of drug-likeness (QED) is 0.818. The van der Waals surface area contributed by atoms with Gasteiger partial charge in [0.25, 0.3) is 0 Å². The lowest BCUT2D eigenvalue weighted by molar-refractivity contribution is 0.114. The molecular weight excluding hydrogens is 290 g/mol. The van der Waals surface area contributed by atoms with E-state index in [4.69, 9.17) is 0 Å². The van der Waals surface area contributed by atoms with Gasteiger partial charge in [-0.1, -0.05) is 0 Å². The maximum absolute atomic E-state index is 12.1. The van der Waals surface area contributed by atoms with Gasteiger partial charge in [0.05, 0.1) is 0 Å². The van der Waals surface area contributed by atoms with Gasteiger partial charge in [-0.05, 0) is 46.0 Å². The van der Waals surface area contributed by atoms with Crippen LogP contribution in [-0.2, 0) is 13.5 Å². The molecule has 2 rings (SSSR count). The Morgan fingerprint density at radius 3 is 2.83 bits per heavy atom. The third kappa shape index (κ3) is 5.55. The smallest absolute Gasteiger partial charge is 0.315 e. The van der Waals surface area contributed by atoms with Crippen molar-refractivity contribution >= 4 is 6.03 Å². The summed E-state index contributed by atoms with van der Waals surface area (Å²) < 4.78 is 2.13. The molecule has 2 atom stereocenters. The predicted molar refractivity (Wildman–Crippen MR) is 93.6 cm³/mol. The summed E-state index contributed by atoms with van der Waals surface area (Å²) in [6.07, 6.45) is 3.97. The molecule has 2 N–H and O–H groups in total. The lowest BCUT2D eigenvalue weighted by Crippen LogP contribution is -2.55. The summed E-state index contributed by atoms with van der Waals surface area (Å²) in [6, 6.07) is 4.67. The minimum atomic E-state index is -0.0639. The Bertz CT molecular complexity index is 501. The zero-order valence-electron chi connectivity index (χ0n) is 14.9. The third-order valence-electron chi connectivity index (χ3n) is 4.74. The highest BCUT2D eigenvalue weighted by Gasteiger charge is 2.22. The molecule has 6 nitrogen and oxygen atoms in total. The van der Waals surface area contributed by atoms with Gasteiger partial charge in [0.2, 0.25) is 0 Å². The van der Waals surface area contributed by atoms with Crippen LogP contribution in [0.3, 0.4) is 0 Å². The Morgan fingerprint density at radius 1 is 1.35 bits per heavy atom. The summed E-state index contributed by atoms with van der Waals surface area (Å²) in [5.41, 5.74) is 1.30. The molecule has 0 unspecified atom stereocenters. The maximum atomic E-state index is 12.1. The van der Waals surface area contributed by atoms with E-state index in [0.717, 1.165) is 32.5 Å². The molecule has 6 heteroatoms. The molecule has 2 heterocycles. The minimum absolute atomic E-state index is 0.0639. The Balaban J connectivity index is 1.66. The van der Waals surface area contributed by atoms with Gasteiger partial charge in [-0.3, -0.25) is 4.90 Å². The van der Waals surface area contributed by atoms with Crippen LogP contribution in [0, 0.1) is 0 Å². The van der Waals surface area contributed by atoms with Crippen molar-refractivity contribution in [2.24, 2.45) is 7.05 Å². The molecule has 1 saturated heterocycles. The average molecular weight is 321 g/mol. The van der Waals surface area contributed by atoms with Crippen LogP contribution in [0.2, 0.25) is 0 Å². The van der Waals surface area contributed by atoms with E-state index in [9.17, 15) is 4.79 Å². The number of carbonyl (C=O) groups is 1. The van der Waals surface area contributed by atoms with E-state index in [0.29, 0.717) is 12.6 Å². The summed E-state index contributed by atoms with van der Waals surface area (Å²) in [5.74, 6) is 0. The molecule has 1 fully saturated rings. The van der Waals surface area contributed by atoms with Crippen LogP contribution in [0.5, 0.6) is 0 Å². The molecule has 0 spiro atoms. The zero-order chi connectivity index (χ0) is 16.8. The lowest BCUT2D eigenvalue weighted by Gasteiger charge is -2.37. The van der Waals surface area contributed by atoms with Gasteiger partial charge < -0.3 is 20.1 Å². The summed E-state index contributed by atoms with van der Waals surface area (Å²) in [4.78, 5) is 16.7. The highest BCUT2D eigenvalue weighted by Crippen LogP contribution is 2.06. The maximum Gasteiger partial charge on any atom is 0.315 e. The van der Waals surface area contributed by atoms with Crippen molar-refractivity contribution in [3.05, 3.63) is 24.0 Å². The van der Waals surface area contributed by atoms with Crippen molar-refractivity contribution < 1.29 is 4.79 Å². The molecule has 1 aliphatic rings. The second kappa shape index (κ2) is 8.36. The molecule has 0 radical (unpaired) electrons. The van der Waals surface area contributed by atoms with E-state index in [-0.39, 0.29) is 12.1 Å². The van der Waals surface area contributed by atoms with E-state index in [1.807, 2.05) is 0 Å². The second-order valence-electron chi connectivity index (χ2n) is 6.80. The number of amides is 2. The molecule has 0 aromatic carbocycles. The van der Waals surface area contributed by atoms with Gasteiger partial charge in [-0.25, -0.2) is 4.79 Å². The van der Waals surface area contributed by atoms with Crippen LogP contribution in [-0.4, -0.2) is 72.8 Å². The number of aryl methyl sites for hydroxylation is 2. The standard InChI is InChI=1S/C17H31N5O/c1-14(7-8-15-6-5-9-21(15)3)19-17(23)18-12-16-13-20(2)10-11-22(16)4/h5-6,9,14,16H,7-8,10-13H2,1-4H3,(H2,18,19,23)/t14-,16-/m0/s1. The van der Waals surface area contributed by atoms with Gasteiger partial charge in [-0.15, -0.1) is 0 Å². The predicted octanol–water partition coefficient (Wildman–Crippen LogP) is 0.891. The topological polar surface area (TPSA) is 52.5 Å². The van der Waals surface area contributed by atoms with E-state index in [1.54, 1.807) is 0 Å². The number of nitrogens with zero attached hydrogens (tertiary/aromatic N) is 3. The minimum Gasteiger partial charge on any atom is -0.354 e. The highest BCUT2D eigenvalue weighted by molar-refractivity contribution is 5.74. The van der Waals surface area contributed by atoms with Crippen molar-refractivity contribution in [1.82, 2.24) is 25.0 Å². The molecule has 0 saturated carbocycles. The van der Waals surface area contributed by atoms with Gasteiger partial charge in [0, 0.05) is 57.2 Å². The Kier molecular flexibility index (Phi) is 6.47. The summed E-state index contributed by atoms with van der Waals surface area (Å²) in [5, 5.41) is 6.05. The number of piperazine rings is 1. The van der Waals surface area contributed by atoms with Crippen LogP contribution in [0.15, 0.2) is 18.3 Å². The Morgan fingerprint density at radius 2 is 2.13 bits per heavy atom. The number of likely N-dealkylation sites (N-methyl/N-ethyl adjacent to an activating group) is 2. The van der Waals surface area contributed by atoms with Crippen LogP contribution in [0.25, 0.3) is 0 Å². The number of carbonyl (C=O) groups excluding carboxylic acids is 1. The van der Waals surface area contributed by atoms with Crippen LogP contribution < -0.4 is 10.6 Å². The van der Waals surface area contributed by atoms with E-state index in [1.165, 1.54) is 5.69 Å². The largest absolute Gasteiger partial charge is 0.354 e. The second-order valence-corrected chi connectivity index (χ2v) is 6.80. The molecular formula is C17H31N5O. The molecule has 23 heavy (non-hydrogen) atoms. The third-order valence-corrected chi connectivity index (χ3v) is 4.74. The molecule has 0 aliphatic carbocycles. The molecule has 1 aromatic heterocycles. The molecule has 0 bridgehead atoms. The monoisotopic (exact) mass is 321 g/mol. The highest BCUT2D eigenvalue weighted by atomic mass is 16.2. The van der Waals surface area contributed by atoms with Crippen molar-refractivity contribution in [1.29, 1.82) is 0 Å². The van der Waals surface area contributed by atoms with E-state index < -0.39 is 0 Å². The van der Waals surface area contributed by atoms with Gasteiger partial charge >= 0.3 is 6.03 Å². The van der Waals surface area contributed by atoms with Gasteiger partial charge in [0.15, 0.2) is 0 Å². The molecule has 130 valence electrons. The number of nitrogens with one attached hydrogen (secondary N) is 2. The first-order chi connectivity index (χ1) is 11.0. The molecule has 1 aliphatic heterocycles. The fourth-order valence-corrected chi connectivity index (χ4v) is 3.00. The number of urea groups is 1. The fourth-order valence-electron chi connectivity index (χ4n) is 3.00. The fraction of sp³-hybridized carbons (Fsp3) is 0.706. The SMILES string of the molecule is C[C@@H](CCc1cccn1C)NC(=O)NC[C@H]1CN(C)CCN1C. The Hall–Kier alpha value is -1.53. The summed E-state index contributed by atoms with van der Waals surface area (Å²) in [7, 11) is 6.31. The zero-order valence-corrected chi connectivity index (χ0v) is 14.9. The number of aromatic nitrogens is 1. The molecule has 1 aromatic rings. The normalized spacial score (nSPS) is 21.1. The van der Waals surface area contributed by atoms with Crippen LogP contribution in [0.4, 0.5) is 4.79 Å². The summed E-state index contributed by atoms with van der Waals surface area (Å²) in [6.45, 7) is 5.90.